The molecule has 2 N–H and O–H groups in total. The number of hydrogen-bond acceptors (Lipinski definition) is 3. The van der Waals surface area contributed by atoms with Crippen molar-refractivity contribution >= 4 is 0 Å². The largest absolute Gasteiger partial charge is 0.386 e. The van der Waals surface area contributed by atoms with E-state index in [4.69, 9.17) is 4.74 Å². The van der Waals surface area contributed by atoms with E-state index < -0.39 is 5.60 Å². The Kier molecular flexibility index (Phi) is 8.14. The van der Waals surface area contributed by atoms with Crippen LogP contribution in [0.25, 0.3) is 0 Å². The first-order valence-corrected chi connectivity index (χ1v) is 5.63. The minimum Gasteiger partial charge on any atom is -0.386 e. The average molecular weight is 203 g/mol. The molecule has 0 heterocycles. The van der Waals surface area contributed by atoms with Crippen LogP contribution in [-0.2, 0) is 4.74 Å². The Morgan fingerprint density at radius 3 is 2.57 bits per heavy atom. The molecule has 86 valence electrons. The van der Waals surface area contributed by atoms with Gasteiger partial charge in [-0.1, -0.05) is 26.7 Å². The lowest BCUT2D eigenvalue weighted by molar-refractivity contribution is -0.0327. The van der Waals surface area contributed by atoms with Gasteiger partial charge in [0.25, 0.3) is 0 Å². The second kappa shape index (κ2) is 8.21. The zero-order valence-electron chi connectivity index (χ0n) is 9.81. The summed E-state index contributed by atoms with van der Waals surface area (Å²) in [6.45, 7) is 8.65. The van der Waals surface area contributed by atoms with Gasteiger partial charge in [0.1, 0.15) is 0 Å². The zero-order valence-corrected chi connectivity index (χ0v) is 9.81. The Morgan fingerprint density at radius 1 is 1.29 bits per heavy atom. The molecule has 1 atom stereocenters. The molecule has 0 radical (unpaired) electrons. The minimum atomic E-state index is -0.734. The lowest BCUT2D eigenvalue weighted by atomic mass is 10.1. The van der Waals surface area contributed by atoms with Crippen LogP contribution in [0, 0.1) is 0 Å². The number of ether oxygens (including phenoxy) is 1. The fourth-order valence-electron chi connectivity index (χ4n) is 1.19. The van der Waals surface area contributed by atoms with E-state index in [1.165, 1.54) is 12.8 Å². The summed E-state index contributed by atoms with van der Waals surface area (Å²) in [7, 11) is 0. The van der Waals surface area contributed by atoms with Crippen LogP contribution in [0.15, 0.2) is 0 Å². The highest BCUT2D eigenvalue weighted by Gasteiger charge is 2.19. The van der Waals surface area contributed by atoms with Gasteiger partial charge in [0.15, 0.2) is 0 Å². The molecule has 0 aliphatic rings. The maximum Gasteiger partial charge on any atom is 0.0975 e. The fourth-order valence-corrected chi connectivity index (χ4v) is 1.19. The molecule has 0 saturated carbocycles. The standard InChI is InChI=1S/C11H25NO2/c1-4-6-7-8-14-10-11(3,13)9-12-5-2/h12-13H,4-10H2,1-3H3. The molecule has 0 saturated heterocycles. The monoisotopic (exact) mass is 203 g/mol. The molecule has 0 bridgehead atoms. The fraction of sp³-hybridized carbons (Fsp3) is 1.00. The van der Waals surface area contributed by atoms with Crippen LogP contribution in [0.2, 0.25) is 0 Å². The lowest BCUT2D eigenvalue weighted by Crippen LogP contribution is -2.41. The molecule has 1 unspecified atom stereocenters. The summed E-state index contributed by atoms with van der Waals surface area (Å²) < 4.78 is 5.41. The van der Waals surface area contributed by atoms with Crippen molar-refractivity contribution in [3.8, 4) is 0 Å². The third kappa shape index (κ3) is 8.48. The molecule has 0 aromatic carbocycles. The molecule has 3 heteroatoms. The second-order valence-electron chi connectivity index (χ2n) is 4.04. The van der Waals surface area contributed by atoms with Gasteiger partial charge in [-0.3, -0.25) is 0 Å². The summed E-state index contributed by atoms with van der Waals surface area (Å²) in [6.07, 6.45) is 3.50. The van der Waals surface area contributed by atoms with E-state index in [0.717, 1.165) is 19.6 Å². The van der Waals surface area contributed by atoms with Gasteiger partial charge in [-0.15, -0.1) is 0 Å². The third-order valence-corrected chi connectivity index (χ3v) is 2.06. The van der Waals surface area contributed by atoms with Gasteiger partial charge in [-0.2, -0.15) is 0 Å². The Morgan fingerprint density at radius 2 is 2.00 bits per heavy atom. The minimum absolute atomic E-state index is 0.420. The van der Waals surface area contributed by atoms with Gasteiger partial charge in [0.2, 0.25) is 0 Å². The highest BCUT2D eigenvalue weighted by molar-refractivity contribution is 4.74. The SMILES string of the molecule is CCCCCOCC(C)(O)CNCC. The Hall–Kier alpha value is -0.120. The smallest absolute Gasteiger partial charge is 0.0975 e. The number of rotatable bonds is 9. The van der Waals surface area contributed by atoms with Crippen molar-refractivity contribution in [2.24, 2.45) is 0 Å². The summed E-state index contributed by atoms with van der Waals surface area (Å²) in [4.78, 5) is 0. The highest BCUT2D eigenvalue weighted by atomic mass is 16.5. The van der Waals surface area contributed by atoms with Crippen LogP contribution in [0.5, 0.6) is 0 Å². The maximum absolute atomic E-state index is 9.81. The molecule has 0 spiro atoms. The van der Waals surface area contributed by atoms with Gasteiger partial charge in [-0.05, 0) is 19.9 Å². The molecular formula is C11H25NO2. The van der Waals surface area contributed by atoms with Crippen molar-refractivity contribution in [2.45, 2.75) is 45.6 Å². The van der Waals surface area contributed by atoms with E-state index >= 15 is 0 Å². The number of nitrogens with one attached hydrogen (secondary N) is 1. The Balaban J connectivity index is 3.35. The molecule has 0 rings (SSSR count). The van der Waals surface area contributed by atoms with Crippen molar-refractivity contribution in [3.05, 3.63) is 0 Å². The molecule has 0 aliphatic carbocycles. The Bertz CT molecular complexity index is 126. The lowest BCUT2D eigenvalue weighted by Gasteiger charge is -2.23. The first kappa shape index (κ1) is 13.9. The number of unbranched alkanes of at least 4 members (excludes halogenated alkanes) is 2. The van der Waals surface area contributed by atoms with Crippen LogP contribution in [0.4, 0.5) is 0 Å². The van der Waals surface area contributed by atoms with Crippen molar-refractivity contribution in [1.82, 2.24) is 5.32 Å². The molecule has 0 fully saturated rings. The molecule has 0 aliphatic heterocycles. The van der Waals surface area contributed by atoms with Crippen molar-refractivity contribution in [3.63, 3.8) is 0 Å². The molecule has 0 aromatic rings. The van der Waals surface area contributed by atoms with Crippen LogP contribution in [0.3, 0.4) is 0 Å². The first-order valence-electron chi connectivity index (χ1n) is 5.63. The van der Waals surface area contributed by atoms with E-state index in [2.05, 4.69) is 12.2 Å². The van der Waals surface area contributed by atoms with Gasteiger partial charge >= 0.3 is 0 Å². The van der Waals surface area contributed by atoms with Crippen molar-refractivity contribution in [2.75, 3.05) is 26.3 Å². The van der Waals surface area contributed by atoms with Gasteiger partial charge in [0.05, 0.1) is 12.2 Å². The summed E-state index contributed by atoms with van der Waals surface area (Å²) in [5, 5.41) is 12.9. The van der Waals surface area contributed by atoms with Crippen LogP contribution < -0.4 is 5.32 Å². The maximum atomic E-state index is 9.81. The topological polar surface area (TPSA) is 41.5 Å². The zero-order chi connectivity index (χ0) is 10.9. The van der Waals surface area contributed by atoms with E-state index in [9.17, 15) is 5.11 Å². The summed E-state index contributed by atoms with van der Waals surface area (Å²) in [5.41, 5.74) is -0.734. The third-order valence-electron chi connectivity index (χ3n) is 2.06. The van der Waals surface area contributed by atoms with E-state index in [1.807, 2.05) is 6.92 Å². The number of likely N-dealkylation sites (N-methyl/N-ethyl adjacent to an activating group) is 1. The molecule has 0 aromatic heterocycles. The van der Waals surface area contributed by atoms with Gasteiger partial charge in [-0.25, -0.2) is 0 Å². The predicted octanol–water partition coefficient (Wildman–Crippen LogP) is 1.55. The van der Waals surface area contributed by atoms with Crippen molar-refractivity contribution < 1.29 is 9.84 Å². The van der Waals surface area contributed by atoms with Crippen LogP contribution >= 0.6 is 0 Å². The van der Waals surface area contributed by atoms with Gasteiger partial charge in [0, 0.05) is 13.2 Å². The van der Waals surface area contributed by atoms with Crippen molar-refractivity contribution in [1.29, 1.82) is 0 Å². The van der Waals surface area contributed by atoms with Crippen LogP contribution in [0.1, 0.15) is 40.0 Å². The van der Waals surface area contributed by atoms with E-state index in [-0.39, 0.29) is 0 Å². The quantitative estimate of drug-likeness (QED) is 0.559. The molecule has 14 heavy (non-hydrogen) atoms. The summed E-state index contributed by atoms with van der Waals surface area (Å²) in [5.74, 6) is 0. The molecular weight excluding hydrogens is 178 g/mol. The first-order chi connectivity index (χ1) is 6.62. The average Bonchev–Trinajstić information content (AvgIpc) is 2.15. The number of aliphatic hydroxyl groups is 1. The summed E-state index contributed by atoms with van der Waals surface area (Å²) in [6, 6.07) is 0. The van der Waals surface area contributed by atoms with Gasteiger partial charge < -0.3 is 15.2 Å². The second-order valence-corrected chi connectivity index (χ2v) is 4.04. The highest BCUT2D eigenvalue weighted by Crippen LogP contribution is 2.03. The predicted molar refractivity (Wildman–Crippen MR) is 59.5 cm³/mol. The molecule has 3 nitrogen and oxygen atoms in total. The van der Waals surface area contributed by atoms with E-state index in [0.29, 0.717) is 13.2 Å². The normalized spacial score (nSPS) is 15.4. The molecule has 0 amide bonds. The summed E-state index contributed by atoms with van der Waals surface area (Å²) >= 11 is 0. The Labute approximate surface area is 87.8 Å². The number of hydrogen-bond donors (Lipinski definition) is 2. The van der Waals surface area contributed by atoms with E-state index in [1.54, 1.807) is 6.92 Å². The van der Waals surface area contributed by atoms with Crippen LogP contribution in [-0.4, -0.2) is 37.0 Å².